The van der Waals surface area contributed by atoms with Crippen molar-refractivity contribution in [2.24, 2.45) is 5.92 Å². The molecule has 0 radical (unpaired) electrons. The second-order valence-corrected chi connectivity index (χ2v) is 6.72. The highest BCUT2D eigenvalue weighted by atomic mass is 35.5. The molecular formula is C20H24ClN3O2. The molecule has 2 aromatic carbocycles. The summed E-state index contributed by atoms with van der Waals surface area (Å²) in [6.45, 7) is 3.83. The van der Waals surface area contributed by atoms with Crippen molar-refractivity contribution < 1.29 is 9.53 Å². The molecule has 1 aliphatic heterocycles. The van der Waals surface area contributed by atoms with E-state index in [1.165, 1.54) is 5.56 Å². The van der Waals surface area contributed by atoms with Crippen molar-refractivity contribution in [2.75, 3.05) is 19.7 Å². The van der Waals surface area contributed by atoms with Crippen LogP contribution in [-0.4, -0.2) is 25.6 Å². The van der Waals surface area contributed by atoms with E-state index in [1.54, 1.807) is 0 Å². The maximum atomic E-state index is 12.6. The van der Waals surface area contributed by atoms with E-state index in [-0.39, 0.29) is 17.9 Å². The largest absolute Gasteiger partial charge is 0.494 e. The molecule has 1 fully saturated rings. The molecule has 1 aliphatic rings. The standard InChI is InChI=1S/C20H24ClN3O2/c1-2-26-17-9-3-14(4-10-17)11-12-22-20(25)18-13-23-24-19(18)15-5-7-16(21)8-6-15/h3-10,18-19,23-24H,2,11-13H2,1H3,(H,22,25). The highest BCUT2D eigenvalue weighted by Crippen LogP contribution is 2.26. The Hall–Kier alpha value is -2.08. The van der Waals surface area contributed by atoms with Gasteiger partial charge in [0.25, 0.3) is 0 Å². The molecule has 0 spiro atoms. The van der Waals surface area contributed by atoms with Gasteiger partial charge in [0.05, 0.1) is 18.6 Å². The van der Waals surface area contributed by atoms with Crippen molar-refractivity contribution in [3.8, 4) is 5.75 Å². The second-order valence-electron chi connectivity index (χ2n) is 6.28. The third-order valence-electron chi connectivity index (χ3n) is 4.50. The van der Waals surface area contributed by atoms with Gasteiger partial charge >= 0.3 is 0 Å². The number of benzene rings is 2. The third kappa shape index (κ3) is 4.75. The van der Waals surface area contributed by atoms with Crippen molar-refractivity contribution in [3.63, 3.8) is 0 Å². The first-order valence-electron chi connectivity index (χ1n) is 8.90. The minimum absolute atomic E-state index is 0.0494. The van der Waals surface area contributed by atoms with Gasteiger partial charge < -0.3 is 10.1 Å². The lowest BCUT2D eigenvalue weighted by Gasteiger charge is -2.18. The Morgan fingerprint density at radius 3 is 2.62 bits per heavy atom. The highest BCUT2D eigenvalue weighted by molar-refractivity contribution is 6.30. The molecule has 0 bridgehead atoms. The molecule has 2 aromatic rings. The Bertz CT molecular complexity index is 719. The van der Waals surface area contributed by atoms with Crippen LogP contribution in [0, 0.1) is 5.92 Å². The number of hydrogen-bond donors (Lipinski definition) is 3. The molecule has 2 unspecified atom stereocenters. The van der Waals surface area contributed by atoms with Crippen molar-refractivity contribution >= 4 is 17.5 Å². The van der Waals surface area contributed by atoms with Gasteiger partial charge in [-0.05, 0) is 48.7 Å². The minimum Gasteiger partial charge on any atom is -0.494 e. The van der Waals surface area contributed by atoms with Crippen LogP contribution in [0.4, 0.5) is 0 Å². The van der Waals surface area contributed by atoms with Gasteiger partial charge in [0.1, 0.15) is 5.75 Å². The molecule has 0 aliphatic carbocycles. The Morgan fingerprint density at radius 1 is 1.19 bits per heavy atom. The summed E-state index contributed by atoms with van der Waals surface area (Å²) >= 11 is 5.95. The van der Waals surface area contributed by atoms with Gasteiger partial charge in [-0.2, -0.15) is 0 Å². The lowest BCUT2D eigenvalue weighted by atomic mass is 9.94. The number of nitrogens with one attached hydrogen (secondary N) is 3. The molecule has 1 saturated heterocycles. The molecule has 1 heterocycles. The lowest BCUT2D eigenvalue weighted by Crippen LogP contribution is -2.36. The predicted octanol–water partition coefficient (Wildman–Crippen LogP) is 2.86. The van der Waals surface area contributed by atoms with Gasteiger partial charge in [-0.1, -0.05) is 35.9 Å². The highest BCUT2D eigenvalue weighted by Gasteiger charge is 2.33. The smallest absolute Gasteiger partial charge is 0.226 e. The zero-order valence-electron chi connectivity index (χ0n) is 14.8. The van der Waals surface area contributed by atoms with Crippen LogP contribution in [0.1, 0.15) is 24.1 Å². The maximum absolute atomic E-state index is 12.6. The molecular weight excluding hydrogens is 350 g/mol. The van der Waals surface area contributed by atoms with Crippen molar-refractivity contribution in [3.05, 3.63) is 64.7 Å². The Morgan fingerprint density at radius 2 is 1.92 bits per heavy atom. The van der Waals surface area contributed by atoms with Crippen molar-refractivity contribution in [2.45, 2.75) is 19.4 Å². The zero-order chi connectivity index (χ0) is 18.4. The van der Waals surface area contributed by atoms with Crippen LogP contribution in [0.2, 0.25) is 5.02 Å². The minimum atomic E-state index is -0.156. The van der Waals surface area contributed by atoms with Crippen LogP contribution in [0.3, 0.4) is 0 Å². The molecule has 138 valence electrons. The predicted molar refractivity (Wildman–Crippen MR) is 103 cm³/mol. The van der Waals surface area contributed by atoms with Gasteiger partial charge in [-0.3, -0.25) is 10.2 Å². The number of amides is 1. The van der Waals surface area contributed by atoms with Gasteiger partial charge in [-0.15, -0.1) is 0 Å². The second kappa shape index (κ2) is 9.03. The number of halogens is 1. The fraction of sp³-hybridized carbons (Fsp3) is 0.350. The monoisotopic (exact) mass is 373 g/mol. The summed E-state index contributed by atoms with van der Waals surface area (Å²) in [6.07, 6.45) is 0.789. The van der Waals surface area contributed by atoms with Crippen LogP contribution in [0.5, 0.6) is 5.75 Å². The van der Waals surface area contributed by atoms with Gasteiger partial charge in [0, 0.05) is 18.1 Å². The fourth-order valence-corrected chi connectivity index (χ4v) is 3.23. The van der Waals surface area contributed by atoms with E-state index in [0.717, 1.165) is 17.7 Å². The number of hydrazine groups is 1. The maximum Gasteiger partial charge on any atom is 0.226 e. The average molecular weight is 374 g/mol. The summed E-state index contributed by atoms with van der Waals surface area (Å²) in [5.74, 6) is 0.763. The van der Waals surface area contributed by atoms with Crippen molar-refractivity contribution in [1.82, 2.24) is 16.2 Å². The molecule has 3 N–H and O–H groups in total. The topological polar surface area (TPSA) is 62.4 Å². The zero-order valence-corrected chi connectivity index (χ0v) is 15.6. The van der Waals surface area contributed by atoms with Crippen LogP contribution >= 0.6 is 11.6 Å². The summed E-state index contributed by atoms with van der Waals surface area (Å²) in [5.41, 5.74) is 8.49. The van der Waals surface area contributed by atoms with Gasteiger partial charge in [-0.25, -0.2) is 5.43 Å². The van der Waals surface area contributed by atoms with E-state index in [4.69, 9.17) is 16.3 Å². The van der Waals surface area contributed by atoms with Crippen LogP contribution in [0.25, 0.3) is 0 Å². The van der Waals surface area contributed by atoms with E-state index >= 15 is 0 Å². The summed E-state index contributed by atoms with van der Waals surface area (Å²) in [4.78, 5) is 12.6. The number of carbonyl (C=O) groups is 1. The van der Waals surface area contributed by atoms with E-state index in [9.17, 15) is 4.79 Å². The molecule has 6 heteroatoms. The summed E-state index contributed by atoms with van der Waals surface area (Å²) < 4.78 is 5.44. The average Bonchev–Trinajstić information content (AvgIpc) is 3.14. The number of carbonyl (C=O) groups excluding carboxylic acids is 1. The lowest BCUT2D eigenvalue weighted by molar-refractivity contribution is -0.124. The SMILES string of the molecule is CCOc1ccc(CCNC(=O)C2CNNC2c2ccc(Cl)cc2)cc1. The first-order chi connectivity index (χ1) is 12.7. The quantitative estimate of drug-likeness (QED) is 0.698. The number of rotatable bonds is 7. The van der Waals surface area contributed by atoms with Crippen LogP contribution in [-0.2, 0) is 11.2 Å². The number of hydrogen-bond acceptors (Lipinski definition) is 4. The Balaban J connectivity index is 1.51. The Labute approximate surface area is 159 Å². The first-order valence-corrected chi connectivity index (χ1v) is 9.28. The first kappa shape index (κ1) is 18.7. The normalized spacial score (nSPS) is 19.3. The Kier molecular flexibility index (Phi) is 6.50. The van der Waals surface area contributed by atoms with Gasteiger partial charge in [0.2, 0.25) is 5.91 Å². The van der Waals surface area contributed by atoms with Crippen molar-refractivity contribution in [1.29, 1.82) is 0 Å². The van der Waals surface area contributed by atoms with Crippen LogP contribution < -0.4 is 20.9 Å². The molecule has 0 saturated carbocycles. The number of ether oxygens (including phenoxy) is 1. The summed E-state index contributed by atoms with van der Waals surface area (Å²) in [7, 11) is 0. The molecule has 0 aromatic heterocycles. The van der Waals surface area contributed by atoms with E-state index in [1.807, 2.05) is 55.5 Å². The van der Waals surface area contributed by atoms with Crippen LogP contribution in [0.15, 0.2) is 48.5 Å². The molecule has 5 nitrogen and oxygen atoms in total. The fourth-order valence-electron chi connectivity index (χ4n) is 3.11. The molecule has 1 amide bonds. The van der Waals surface area contributed by atoms with E-state index < -0.39 is 0 Å². The molecule has 2 atom stereocenters. The summed E-state index contributed by atoms with van der Waals surface area (Å²) in [5, 5.41) is 3.74. The third-order valence-corrected chi connectivity index (χ3v) is 4.75. The molecule has 26 heavy (non-hydrogen) atoms. The van der Waals surface area contributed by atoms with Gasteiger partial charge in [0.15, 0.2) is 0 Å². The van der Waals surface area contributed by atoms with E-state index in [2.05, 4.69) is 16.2 Å². The molecule has 3 rings (SSSR count). The summed E-state index contributed by atoms with van der Waals surface area (Å²) in [6, 6.07) is 15.5. The van der Waals surface area contributed by atoms with E-state index in [0.29, 0.717) is 24.7 Å².